The summed E-state index contributed by atoms with van der Waals surface area (Å²) >= 11 is 5.86. The standard InChI is InChI=1S/C12H15ClO/c1-14-8-12(9-2-3-9)10-4-6-11(13)7-5-10/h4-7,9,12H,2-3,8H2,1H3. The Morgan fingerprint density at radius 2 is 2.00 bits per heavy atom. The molecule has 1 fully saturated rings. The highest BCUT2D eigenvalue weighted by atomic mass is 35.5. The van der Waals surface area contributed by atoms with Crippen molar-refractivity contribution in [1.29, 1.82) is 0 Å². The van der Waals surface area contributed by atoms with Crippen molar-refractivity contribution in [2.24, 2.45) is 5.92 Å². The van der Waals surface area contributed by atoms with Gasteiger partial charge in [0.2, 0.25) is 0 Å². The van der Waals surface area contributed by atoms with Crippen molar-refractivity contribution in [1.82, 2.24) is 0 Å². The van der Waals surface area contributed by atoms with Gasteiger partial charge in [0.1, 0.15) is 0 Å². The van der Waals surface area contributed by atoms with Crippen LogP contribution in [0.4, 0.5) is 0 Å². The molecule has 1 aromatic carbocycles. The van der Waals surface area contributed by atoms with E-state index in [4.69, 9.17) is 16.3 Å². The van der Waals surface area contributed by atoms with Gasteiger partial charge in [-0.2, -0.15) is 0 Å². The van der Waals surface area contributed by atoms with Gasteiger partial charge in [-0.05, 0) is 36.5 Å². The Kier molecular flexibility index (Phi) is 3.09. The maximum Gasteiger partial charge on any atom is 0.0533 e. The summed E-state index contributed by atoms with van der Waals surface area (Å²) in [6.45, 7) is 0.826. The van der Waals surface area contributed by atoms with Crippen molar-refractivity contribution in [3.05, 3.63) is 34.9 Å². The van der Waals surface area contributed by atoms with Gasteiger partial charge in [0.25, 0.3) is 0 Å². The molecule has 1 unspecified atom stereocenters. The highest BCUT2D eigenvalue weighted by Gasteiger charge is 2.31. The van der Waals surface area contributed by atoms with Crippen LogP contribution in [0.15, 0.2) is 24.3 Å². The Hall–Kier alpha value is -0.530. The zero-order valence-corrected chi connectivity index (χ0v) is 9.13. The van der Waals surface area contributed by atoms with E-state index in [9.17, 15) is 0 Å². The van der Waals surface area contributed by atoms with Crippen LogP contribution in [-0.4, -0.2) is 13.7 Å². The smallest absolute Gasteiger partial charge is 0.0533 e. The minimum atomic E-state index is 0.567. The molecule has 0 N–H and O–H groups in total. The largest absolute Gasteiger partial charge is 0.384 e. The van der Waals surface area contributed by atoms with E-state index in [0.29, 0.717) is 5.92 Å². The molecular formula is C12H15ClO. The molecule has 0 spiro atoms. The van der Waals surface area contributed by atoms with Gasteiger partial charge in [-0.15, -0.1) is 0 Å². The zero-order chi connectivity index (χ0) is 9.97. The number of ether oxygens (including phenoxy) is 1. The van der Waals surface area contributed by atoms with Crippen LogP contribution >= 0.6 is 11.6 Å². The molecule has 0 aliphatic heterocycles. The molecule has 1 atom stereocenters. The second kappa shape index (κ2) is 4.33. The maximum atomic E-state index is 5.86. The lowest BCUT2D eigenvalue weighted by molar-refractivity contribution is 0.172. The summed E-state index contributed by atoms with van der Waals surface area (Å²) in [5, 5.41) is 0.806. The molecule has 0 aromatic heterocycles. The van der Waals surface area contributed by atoms with Gasteiger partial charge in [0, 0.05) is 18.1 Å². The predicted molar refractivity (Wildman–Crippen MR) is 58.8 cm³/mol. The molecule has 1 aromatic rings. The average Bonchev–Trinajstić information content (AvgIpc) is 2.99. The first-order chi connectivity index (χ1) is 6.81. The molecule has 2 rings (SSSR count). The summed E-state index contributed by atoms with van der Waals surface area (Å²) in [4.78, 5) is 0. The Morgan fingerprint density at radius 1 is 1.36 bits per heavy atom. The summed E-state index contributed by atoms with van der Waals surface area (Å²) in [7, 11) is 1.77. The van der Waals surface area contributed by atoms with Crippen LogP contribution in [0.25, 0.3) is 0 Å². The van der Waals surface area contributed by atoms with E-state index in [0.717, 1.165) is 17.5 Å². The van der Waals surface area contributed by atoms with Crippen molar-refractivity contribution in [3.63, 3.8) is 0 Å². The van der Waals surface area contributed by atoms with Crippen LogP contribution in [0.1, 0.15) is 24.3 Å². The minimum Gasteiger partial charge on any atom is -0.384 e. The van der Waals surface area contributed by atoms with Crippen molar-refractivity contribution in [2.75, 3.05) is 13.7 Å². The lowest BCUT2D eigenvalue weighted by atomic mass is 9.95. The molecule has 0 amide bonds. The number of hydrogen-bond acceptors (Lipinski definition) is 1. The first-order valence-corrected chi connectivity index (χ1v) is 5.43. The highest BCUT2D eigenvalue weighted by molar-refractivity contribution is 6.30. The third-order valence-electron chi connectivity index (χ3n) is 2.84. The van der Waals surface area contributed by atoms with E-state index < -0.39 is 0 Å². The second-order valence-corrected chi connectivity index (χ2v) is 4.39. The van der Waals surface area contributed by atoms with Crippen LogP contribution in [0.2, 0.25) is 5.02 Å². The summed E-state index contributed by atoms with van der Waals surface area (Å²) < 4.78 is 5.26. The maximum absolute atomic E-state index is 5.86. The van der Waals surface area contributed by atoms with Crippen molar-refractivity contribution >= 4 is 11.6 Å². The highest BCUT2D eigenvalue weighted by Crippen LogP contribution is 2.42. The minimum absolute atomic E-state index is 0.567. The van der Waals surface area contributed by atoms with Crippen molar-refractivity contribution < 1.29 is 4.74 Å². The molecule has 2 heteroatoms. The molecule has 0 radical (unpaired) electrons. The number of benzene rings is 1. The predicted octanol–water partition coefficient (Wildman–Crippen LogP) is 3.48. The van der Waals surface area contributed by atoms with Crippen LogP contribution < -0.4 is 0 Å². The third-order valence-corrected chi connectivity index (χ3v) is 3.09. The molecule has 1 aliphatic rings. The normalized spacial score (nSPS) is 18.1. The summed E-state index contributed by atoms with van der Waals surface area (Å²) in [6.07, 6.45) is 2.69. The third kappa shape index (κ3) is 2.28. The summed E-state index contributed by atoms with van der Waals surface area (Å²) in [5.74, 6) is 1.40. The molecule has 0 heterocycles. The van der Waals surface area contributed by atoms with Crippen LogP contribution in [0.3, 0.4) is 0 Å². The number of hydrogen-bond donors (Lipinski definition) is 0. The van der Waals surface area contributed by atoms with Crippen molar-refractivity contribution in [3.8, 4) is 0 Å². The van der Waals surface area contributed by atoms with E-state index in [1.54, 1.807) is 7.11 Å². The van der Waals surface area contributed by atoms with E-state index in [1.165, 1.54) is 18.4 Å². The Labute approximate surface area is 90.0 Å². The van der Waals surface area contributed by atoms with Gasteiger partial charge in [-0.25, -0.2) is 0 Å². The Balaban J connectivity index is 2.13. The lowest BCUT2D eigenvalue weighted by Gasteiger charge is -2.15. The first-order valence-electron chi connectivity index (χ1n) is 5.05. The summed E-state index contributed by atoms with van der Waals surface area (Å²) in [6, 6.07) is 8.15. The monoisotopic (exact) mass is 210 g/mol. The van der Waals surface area contributed by atoms with E-state index in [2.05, 4.69) is 12.1 Å². The Morgan fingerprint density at radius 3 is 2.50 bits per heavy atom. The molecule has 0 saturated heterocycles. The molecule has 14 heavy (non-hydrogen) atoms. The number of halogens is 1. The van der Waals surface area contributed by atoms with E-state index >= 15 is 0 Å². The molecule has 1 nitrogen and oxygen atoms in total. The van der Waals surface area contributed by atoms with Crippen LogP contribution in [0, 0.1) is 5.92 Å². The van der Waals surface area contributed by atoms with Gasteiger partial charge in [-0.1, -0.05) is 23.7 Å². The molecule has 1 aliphatic carbocycles. The SMILES string of the molecule is COCC(c1ccc(Cl)cc1)C1CC1. The summed E-state index contributed by atoms with van der Waals surface area (Å²) in [5.41, 5.74) is 1.36. The molecule has 0 bridgehead atoms. The first kappa shape index (κ1) is 10.0. The second-order valence-electron chi connectivity index (χ2n) is 3.95. The molecule has 1 saturated carbocycles. The fraction of sp³-hybridized carbons (Fsp3) is 0.500. The quantitative estimate of drug-likeness (QED) is 0.740. The molecule has 76 valence electrons. The van der Waals surface area contributed by atoms with Gasteiger partial charge in [0.15, 0.2) is 0 Å². The van der Waals surface area contributed by atoms with Gasteiger partial charge >= 0.3 is 0 Å². The lowest BCUT2D eigenvalue weighted by Crippen LogP contribution is -2.08. The number of rotatable bonds is 4. The zero-order valence-electron chi connectivity index (χ0n) is 8.37. The van der Waals surface area contributed by atoms with Crippen LogP contribution in [-0.2, 0) is 4.74 Å². The Bertz CT molecular complexity index is 290. The fourth-order valence-corrected chi connectivity index (χ4v) is 2.02. The topological polar surface area (TPSA) is 9.23 Å². The average molecular weight is 211 g/mol. The van der Waals surface area contributed by atoms with Gasteiger partial charge in [-0.3, -0.25) is 0 Å². The van der Waals surface area contributed by atoms with Gasteiger partial charge < -0.3 is 4.74 Å². The van der Waals surface area contributed by atoms with E-state index in [-0.39, 0.29) is 0 Å². The number of methoxy groups -OCH3 is 1. The van der Waals surface area contributed by atoms with E-state index in [1.807, 2.05) is 12.1 Å². The van der Waals surface area contributed by atoms with Gasteiger partial charge in [0.05, 0.1) is 6.61 Å². The fourth-order valence-electron chi connectivity index (χ4n) is 1.89. The van der Waals surface area contributed by atoms with Crippen molar-refractivity contribution in [2.45, 2.75) is 18.8 Å². The van der Waals surface area contributed by atoms with Crippen LogP contribution in [0.5, 0.6) is 0 Å². The molecular weight excluding hydrogens is 196 g/mol.